The molecule has 2 aromatic heterocycles. The number of aryl methyl sites for hydroxylation is 1. The number of rotatable bonds is 8. The second-order valence-corrected chi connectivity index (χ2v) is 7.12. The van der Waals surface area contributed by atoms with Crippen LogP contribution in [0.25, 0.3) is 5.78 Å². The molecule has 156 valence electrons. The van der Waals surface area contributed by atoms with Crippen molar-refractivity contribution in [3.8, 4) is 5.75 Å². The Labute approximate surface area is 173 Å². The Kier molecular flexibility index (Phi) is 5.60. The number of benzene rings is 1. The number of amides is 1. The molecule has 30 heavy (non-hydrogen) atoms. The molecule has 9 heteroatoms. The van der Waals surface area contributed by atoms with Crippen molar-refractivity contribution >= 4 is 17.7 Å². The van der Waals surface area contributed by atoms with Gasteiger partial charge >= 0.3 is 5.97 Å². The van der Waals surface area contributed by atoms with Crippen molar-refractivity contribution in [2.75, 3.05) is 13.7 Å². The number of hydrogen-bond donors (Lipinski definition) is 0. The van der Waals surface area contributed by atoms with Gasteiger partial charge in [-0.15, -0.1) is 0 Å². The maximum atomic E-state index is 12.8. The van der Waals surface area contributed by atoms with E-state index in [4.69, 9.17) is 9.47 Å². The molecule has 0 radical (unpaired) electrons. The number of esters is 1. The molecular weight excluding hydrogens is 386 g/mol. The van der Waals surface area contributed by atoms with Gasteiger partial charge in [0.25, 0.3) is 11.7 Å². The van der Waals surface area contributed by atoms with E-state index in [1.54, 1.807) is 12.0 Å². The van der Waals surface area contributed by atoms with Crippen LogP contribution < -0.4 is 4.74 Å². The van der Waals surface area contributed by atoms with Gasteiger partial charge in [0.1, 0.15) is 12.1 Å². The van der Waals surface area contributed by atoms with Crippen molar-refractivity contribution in [1.29, 1.82) is 0 Å². The van der Waals surface area contributed by atoms with E-state index in [1.165, 1.54) is 17.0 Å². The van der Waals surface area contributed by atoms with E-state index in [9.17, 15) is 9.59 Å². The van der Waals surface area contributed by atoms with Crippen molar-refractivity contribution in [3.63, 3.8) is 0 Å². The maximum absolute atomic E-state index is 12.8. The van der Waals surface area contributed by atoms with E-state index >= 15 is 0 Å². The number of carbonyl (C=O) groups excluding carboxylic acids is 2. The lowest BCUT2D eigenvalue weighted by molar-refractivity contribution is -0.135. The number of ether oxygens (including phenoxy) is 2. The Morgan fingerprint density at radius 3 is 2.63 bits per heavy atom. The van der Waals surface area contributed by atoms with Gasteiger partial charge in [0.15, 0.2) is 6.61 Å². The summed E-state index contributed by atoms with van der Waals surface area (Å²) in [6, 6.07) is 7.78. The molecule has 0 N–H and O–H groups in total. The van der Waals surface area contributed by atoms with Gasteiger partial charge in [-0.25, -0.2) is 14.3 Å². The highest BCUT2D eigenvalue weighted by Gasteiger charge is 2.33. The number of aromatic nitrogens is 4. The van der Waals surface area contributed by atoms with Gasteiger partial charge < -0.3 is 14.4 Å². The fraction of sp³-hybridized carbons (Fsp3) is 0.381. The van der Waals surface area contributed by atoms with E-state index in [0.29, 0.717) is 24.4 Å². The minimum atomic E-state index is -0.592. The SMILES string of the molecule is CCc1c(C(=O)OCC(=O)N(Cc2ccc(OC)cc2)C2CC2)cnc2ncnn12. The summed E-state index contributed by atoms with van der Waals surface area (Å²) in [5.41, 5.74) is 1.93. The predicted molar refractivity (Wildman–Crippen MR) is 107 cm³/mol. The van der Waals surface area contributed by atoms with Gasteiger partial charge in [-0.3, -0.25) is 4.79 Å². The molecule has 1 saturated carbocycles. The smallest absolute Gasteiger partial charge is 0.342 e. The zero-order valence-corrected chi connectivity index (χ0v) is 16.9. The number of nitrogens with zero attached hydrogens (tertiary/aromatic N) is 5. The standard InChI is InChI=1S/C21H23N5O4/c1-3-18-17(10-22-21-23-13-24-26(18)21)20(28)30-12-19(27)25(15-6-7-15)11-14-4-8-16(29-2)9-5-14/h4-5,8-10,13,15H,3,6-7,11-12H2,1-2H3. The molecule has 1 aromatic carbocycles. The van der Waals surface area contributed by atoms with Crippen LogP contribution in [0.15, 0.2) is 36.8 Å². The fourth-order valence-corrected chi connectivity index (χ4v) is 3.36. The molecule has 3 aromatic rings. The van der Waals surface area contributed by atoms with Crippen molar-refractivity contribution < 1.29 is 19.1 Å². The lowest BCUT2D eigenvalue weighted by Gasteiger charge is -2.22. The van der Waals surface area contributed by atoms with Gasteiger partial charge in [0.2, 0.25) is 0 Å². The summed E-state index contributed by atoms with van der Waals surface area (Å²) >= 11 is 0. The number of methoxy groups -OCH3 is 1. The van der Waals surface area contributed by atoms with E-state index in [0.717, 1.165) is 24.2 Å². The molecule has 9 nitrogen and oxygen atoms in total. The number of hydrogen-bond acceptors (Lipinski definition) is 7. The third-order valence-corrected chi connectivity index (χ3v) is 5.11. The molecule has 1 aliphatic rings. The van der Waals surface area contributed by atoms with Crippen molar-refractivity contribution in [3.05, 3.63) is 53.6 Å². The number of fused-ring (bicyclic) bond motifs is 1. The quantitative estimate of drug-likeness (QED) is 0.525. The summed E-state index contributed by atoms with van der Waals surface area (Å²) in [5.74, 6) is 0.375. The summed E-state index contributed by atoms with van der Waals surface area (Å²) in [7, 11) is 1.61. The van der Waals surface area contributed by atoms with Crippen LogP contribution >= 0.6 is 0 Å². The third kappa shape index (κ3) is 4.10. The van der Waals surface area contributed by atoms with Crippen LogP contribution in [-0.2, 0) is 22.5 Å². The average Bonchev–Trinajstić information content (AvgIpc) is 3.50. The lowest BCUT2D eigenvalue weighted by atomic mass is 10.2. The molecule has 4 rings (SSSR count). The Morgan fingerprint density at radius 1 is 1.20 bits per heavy atom. The molecule has 0 bridgehead atoms. The first-order valence-corrected chi connectivity index (χ1v) is 9.87. The van der Waals surface area contributed by atoms with E-state index in [2.05, 4.69) is 15.1 Å². The monoisotopic (exact) mass is 409 g/mol. The average molecular weight is 409 g/mol. The van der Waals surface area contributed by atoms with Gasteiger partial charge in [-0.05, 0) is 37.0 Å². The van der Waals surface area contributed by atoms with Crippen LogP contribution in [0.1, 0.15) is 41.4 Å². The first-order valence-electron chi connectivity index (χ1n) is 9.87. The molecule has 0 atom stereocenters. The largest absolute Gasteiger partial charge is 0.497 e. The highest BCUT2D eigenvalue weighted by atomic mass is 16.5. The summed E-state index contributed by atoms with van der Waals surface area (Å²) < 4.78 is 12.0. The van der Waals surface area contributed by atoms with Crippen LogP contribution in [0.3, 0.4) is 0 Å². The second kappa shape index (κ2) is 8.48. The Balaban J connectivity index is 1.42. The minimum absolute atomic E-state index is 0.192. The highest BCUT2D eigenvalue weighted by molar-refractivity contribution is 5.92. The molecule has 1 aliphatic carbocycles. The molecular formula is C21H23N5O4. The van der Waals surface area contributed by atoms with Crippen molar-refractivity contribution in [2.24, 2.45) is 0 Å². The maximum Gasteiger partial charge on any atom is 0.342 e. The van der Waals surface area contributed by atoms with Gasteiger partial charge in [0.05, 0.1) is 18.4 Å². The molecule has 0 aliphatic heterocycles. The van der Waals surface area contributed by atoms with Crippen LogP contribution in [0.4, 0.5) is 0 Å². The Morgan fingerprint density at radius 2 is 1.97 bits per heavy atom. The molecule has 1 amide bonds. The molecule has 2 heterocycles. The summed E-state index contributed by atoms with van der Waals surface area (Å²) in [6.07, 6.45) is 5.27. The summed E-state index contributed by atoms with van der Waals surface area (Å²) in [6.45, 7) is 2.06. The normalized spacial score (nSPS) is 13.3. The van der Waals surface area contributed by atoms with Gasteiger partial charge in [-0.2, -0.15) is 10.1 Å². The predicted octanol–water partition coefficient (Wildman–Crippen LogP) is 2.04. The van der Waals surface area contributed by atoms with Gasteiger partial charge in [0, 0.05) is 18.8 Å². The van der Waals surface area contributed by atoms with E-state index in [-0.39, 0.29) is 24.1 Å². The first-order chi connectivity index (χ1) is 14.6. The topological polar surface area (TPSA) is 98.9 Å². The van der Waals surface area contributed by atoms with Crippen LogP contribution in [0.5, 0.6) is 5.75 Å². The second-order valence-electron chi connectivity index (χ2n) is 7.12. The molecule has 0 unspecified atom stereocenters. The van der Waals surface area contributed by atoms with E-state index < -0.39 is 5.97 Å². The van der Waals surface area contributed by atoms with Crippen molar-refractivity contribution in [2.45, 2.75) is 38.8 Å². The zero-order valence-electron chi connectivity index (χ0n) is 16.9. The third-order valence-electron chi connectivity index (χ3n) is 5.11. The summed E-state index contributed by atoms with van der Waals surface area (Å²) in [4.78, 5) is 35.3. The van der Waals surface area contributed by atoms with Crippen LogP contribution in [0, 0.1) is 0 Å². The first kappa shape index (κ1) is 19.8. The highest BCUT2D eigenvalue weighted by Crippen LogP contribution is 2.29. The Bertz CT molecular complexity index is 1060. The lowest BCUT2D eigenvalue weighted by Crippen LogP contribution is -2.36. The van der Waals surface area contributed by atoms with Crippen molar-refractivity contribution in [1.82, 2.24) is 24.5 Å². The Hall–Kier alpha value is -3.49. The zero-order chi connectivity index (χ0) is 21.1. The molecule has 0 saturated heterocycles. The van der Waals surface area contributed by atoms with Crippen LogP contribution in [-0.4, -0.2) is 56.1 Å². The number of carbonyl (C=O) groups is 2. The van der Waals surface area contributed by atoms with Crippen LogP contribution in [0.2, 0.25) is 0 Å². The summed E-state index contributed by atoms with van der Waals surface area (Å²) in [5, 5.41) is 4.10. The molecule has 0 spiro atoms. The minimum Gasteiger partial charge on any atom is -0.497 e. The van der Waals surface area contributed by atoms with Gasteiger partial charge in [-0.1, -0.05) is 19.1 Å². The fourth-order valence-electron chi connectivity index (χ4n) is 3.36. The molecule has 1 fully saturated rings. The van der Waals surface area contributed by atoms with E-state index in [1.807, 2.05) is 31.2 Å².